The van der Waals surface area contributed by atoms with Crippen molar-refractivity contribution in [3.8, 4) is 5.75 Å². The molecule has 0 heterocycles. The van der Waals surface area contributed by atoms with Crippen LogP contribution in [-0.4, -0.2) is 0 Å². The average molecular weight is 334 g/mol. The van der Waals surface area contributed by atoms with Crippen molar-refractivity contribution in [2.45, 2.75) is 6.61 Å². The first-order valence-corrected chi connectivity index (χ1v) is 6.25. The molecule has 94 valence electrons. The number of hydrogen-bond acceptors (Lipinski definition) is 1. The van der Waals surface area contributed by atoms with Gasteiger partial charge >= 0.3 is 0 Å². The molecule has 0 spiro atoms. The van der Waals surface area contributed by atoms with E-state index >= 15 is 0 Å². The molecule has 0 aliphatic heterocycles. The first-order valence-electron chi connectivity index (χ1n) is 5.08. The van der Waals surface area contributed by atoms with Crippen LogP contribution in [0.3, 0.4) is 0 Å². The Kier molecular flexibility index (Phi) is 4.19. The van der Waals surface area contributed by atoms with Crippen molar-refractivity contribution in [3.05, 3.63) is 63.1 Å². The third-order valence-corrected chi connectivity index (χ3v) is 3.05. The van der Waals surface area contributed by atoms with E-state index in [1.54, 1.807) is 6.07 Å². The molecule has 0 radical (unpaired) electrons. The lowest BCUT2D eigenvalue weighted by Gasteiger charge is -2.08. The summed E-state index contributed by atoms with van der Waals surface area (Å²) in [4.78, 5) is 0. The molecule has 1 nitrogen and oxygen atoms in total. The quantitative estimate of drug-likeness (QED) is 0.771. The minimum atomic E-state index is -0.492. The zero-order chi connectivity index (χ0) is 13.1. The van der Waals surface area contributed by atoms with Gasteiger partial charge in [-0.3, -0.25) is 0 Å². The fourth-order valence-corrected chi connectivity index (χ4v) is 1.92. The van der Waals surface area contributed by atoms with Crippen molar-refractivity contribution in [1.82, 2.24) is 0 Å². The molecule has 2 aromatic carbocycles. The summed E-state index contributed by atoms with van der Waals surface area (Å²) in [5, 5.41) is 0.0193. The second-order valence-corrected chi connectivity index (χ2v) is 4.93. The Bertz CT molecular complexity index is 575. The summed E-state index contributed by atoms with van der Waals surface area (Å²) in [6, 6.07) is 8.65. The van der Waals surface area contributed by atoms with E-state index in [4.69, 9.17) is 16.3 Å². The van der Waals surface area contributed by atoms with Gasteiger partial charge < -0.3 is 4.74 Å². The number of rotatable bonds is 3. The van der Waals surface area contributed by atoms with Crippen molar-refractivity contribution in [2.75, 3.05) is 0 Å². The second-order valence-electron chi connectivity index (χ2n) is 3.61. The van der Waals surface area contributed by atoms with Gasteiger partial charge in [-0.05, 0) is 35.9 Å². The van der Waals surface area contributed by atoms with Crippen LogP contribution in [0.1, 0.15) is 5.56 Å². The summed E-state index contributed by atoms with van der Waals surface area (Å²) in [5.74, 6) is -0.815. The Morgan fingerprint density at radius 3 is 2.50 bits per heavy atom. The van der Waals surface area contributed by atoms with Crippen LogP contribution in [0.25, 0.3) is 0 Å². The largest absolute Gasteiger partial charge is 0.486 e. The van der Waals surface area contributed by atoms with Crippen LogP contribution in [0.2, 0.25) is 5.02 Å². The second kappa shape index (κ2) is 5.67. The Hall–Kier alpha value is -1.13. The summed E-state index contributed by atoms with van der Waals surface area (Å²) < 4.78 is 32.4. The van der Waals surface area contributed by atoms with E-state index < -0.39 is 11.6 Å². The molecule has 0 bridgehead atoms. The number of ether oxygens (including phenoxy) is 1. The highest BCUT2D eigenvalue weighted by Gasteiger charge is 2.06. The van der Waals surface area contributed by atoms with E-state index in [0.29, 0.717) is 5.56 Å². The minimum absolute atomic E-state index is 0.0193. The standard InChI is InChI=1S/C13H8BrClF2O/c14-9-2-4-12(17)13(6-9)18-7-8-1-3-11(16)10(15)5-8/h1-6H,7H2. The predicted molar refractivity (Wildman–Crippen MR) is 69.8 cm³/mol. The van der Waals surface area contributed by atoms with E-state index in [0.717, 1.165) is 4.47 Å². The van der Waals surface area contributed by atoms with Crippen molar-refractivity contribution in [3.63, 3.8) is 0 Å². The monoisotopic (exact) mass is 332 g/mol. The van der Waals surface area contributed by atoms with E-state index in [2.05, 4.69) is 15.9 Å². The molecule has 0 aromatic heterocycles. The van der Waals surface area contributed by atoms with Gasteiger partial charge in [0.2, 0.25) is 0 Å². The van der Waals surface area contributed by atoms with Gasteiger partial charge in [-0.2, -0.15) is 0 Å². The molecule has 2 aromatic rings. The van der Waals surface area contributed by atoms with Gasteiger partial charge in [-0.15, -0.1) is 0 Å². The van der Waals surface area contributed by atoms with Gasteiger partial charge in [0, 0.05) is 4.47 Å². The highest BCUT2D eigenvalue weighted by Crippen LogP contribution is 2.24. The van der Waals surface area contributed by atoms with Crippen LogP contribution in [0.4, 0.5) is 8.78 Å². The van der Waals surface area contributed by atoms with Crippen LogP contribution >= 0.6 is 27.5 Å². The first-order chi connectivity index (χ1) is 8.56. The third-order valence-electron chi connectivity index (χ3n) is 2.27. The van der Waals surface area contributed by atoms with Gasteiger partial charge in [-0.25, -0.2) is 8.78 Å². The maximum atomic E-state index is 13.4. The fraction of sp³-hybridized carbons (Fsp3) is 0.0769. The third kappa shape index (κ3) is 3.21. The molecule has 0 N–H and O–H groups in total. The Morgan fingerprint density at radius 1 is 1.06 bits per heavy atom. The molecule has 0 unspecified atom stereocenters. The maximum Gasteiger partial charge on any atom is 0.165 e. The van der Waals surface area contributed by atoms with Crippen molar-refractivity contribution in [1.29, 1.82) is 0 Å². The van der Waals surface area contributed by atoms with Crippen molar-refractivity contribution >= 4 is 27.5 Å². The molecule has 0 saturated heterocycles. The highest BCUT2D eigenvalue weighted by atomic mass is 79.9. The van der Waals surface area contributed by atoms with Crippen LogP contribution in [0.5, 0.6) is 5.75 Å². The number of benzene rings is 2. The Labute approximate surface area is 116 Å². The average Bonchev–Trinajstić information content (AvgIpc) is 2.34. The minimum Gasteiger partial charge on any atom is -0.486 e. The molecule has 0 aliphatic rings. The van der Waals surface area contributed by atoms with Gasteiger partial charge in [0.1, 0.15) is 12.4 Å². The molecular weight excluding hydrogens is 325 g/mol. The van der Waals surface area contributed by atoms with E-state index in [-0.39, 0.29) is 17.4 Å². The van der Waals surface area contributed by atoms with Crippen LogP contribution in [-0.2, 0) is 6.61 Å². The normalized spacial score (nSPS) is 10.4. The summed E-state index contributed by atoms with van der Waals surface area (Å²) in [7, 11) is 0. The number of hydrogen-bond donors (Lipinski definition) is 0. The van der Waals surface area contributed by atoms with Crippen LogP contribution in [0.15, 0.2) is 40.9 Å². The number of halogens is 4. The Balaban J connectivity index is 2.11. The van der Waals surface area contributed by atoms with Crippen molar-refractivity contribution in [2.24, 2.45) is 0 Å². The van der Waals surface area contributed by atoms with E-state index in [1.165, 1.54) is 30.3 Å². The van der Waals surface area contributed by atoms with Crippen LogP contribution in [0, 0.1) is 11.6 Å². The Morgan fingerprint density at radius 2 is 1.78 bits per heavy atom. The molecular formula is C13H8BrClF2O. The lowest BCUT2D eigenvalue weighted by Crippen LogP contribution is -1.98. The topological polar surface area (TPSA) is 9.23 Å². The molecule has 18 heavy (non-hydrogen) atoms. The molecule has 0 atom stereocenters. The summed E-state index contributed by atoms with van der Waals surface area (Å²) in [5.41, 5.74) is 0.667. The predicted octanol–water partition coefficient (Wildman–Crippen LogP) is 4.96. The van der Waals surface area contributed by atoms with Gasteiger partial charge in [0.25, 0.3) is 0 Å². The molecule has 2 rings (SSSR count). The molecule has 0 aliphatic carbocycles. The van der Waals surface area contributed by atoms with E-state index in [1.807, 2.05) is 0 Å². The summed E-state index contributed by atoms with van der Waals surface area (Å²) in [6.07, 6.45) is 0. The zero-order valence-corrected chi connectivity index (χ0v) is 11.4. The van der Waals surface area contributed by atoms with Crippen LogP contribution < -0.4 is 4.74 Å². The lowest BCUT2D eigenvalue weighted by atomic mass is 10.2. The summed E-state index contributed by atoms with van der Waals surface area (Å²) >= 11 is 8.87. The first kappa shape index (κ1) is 13.3. The summed E-state index contributed by atoms with van der Waals surface area (Å²) in [6.45, 7) is 0.118. The van der Waals surface area contributed by atoms with Gasteiger partial charge in [0.15, 0.2) is 11.6 Å². The maximum absolute atomic E-state index is 13.4. The molecule has 0 fully saturated rings. The molecule has 0 saturated carbocycles. The molecule has 0 amide bonds. The van der Waals surface area contributed by atoms with E-state index in [9.17, 15) is 8.78 Å². The molecule has 5 heteroatoms. The van der Waals surface area contributed by atoms with Gasteiger partial charge in [0.05, 0.1) is 5.02 Å². The van der Waals surface area contributed by atoms with Gasteiger partial charge in [-0.1, -0.05) is 33.6 Å². The lowest BCUT2D eigenvalue weighted by molar-refractivity contribution is 0.290. The smallest absolute Gasteiger partial charge is 0.165 e. The fourth-order valence-electron chi connectivity index (χ4n) is 1.38. The van der Waals surface area contributed by atoms with Crippen molar-refractivity contribution < 1.29 is 13.5 Å². The highest BCUT2D eigenvalue weighted by molar-refractivity contribution is 9.10. The zero-order valence-electron chi connectivity index (χ0n) is 9.09. The SMILES string of the molecule is Fc1ccc(COc2cc(Br)ccc2F)cc1Cl.